The second kappa shape index (κ2) is 7.20. The van der Waals surface area contributed by atoms with Gasteiger partial charge in [0, 0.05) is 24.0 Å². The Balaban J connectivity index is 2.12. The van der Waals surface area contributed by atoms with Gasteiger partial charge in [0.2, 0.25) is 10.0 Å². The second-order valence-electron chi connectivity index (χ2n) is 6.12. The highest BCUT2D eigenvalue weighted by Crippen LogP contribution is 2.20. The molecule has 0 aliphatic heterocycles. The third kappa shape index (κ3) is 3.69. The highest BCUT2D eigenvalue weighted by Gasteiger charge is 2.18. The van der Waals surface area contributed by atoms with Crippen molar-refractivity contribution in [1.29, 1.82) is 5.26 Å². The molecule has 0 spiro atoms. The Kier molecular flexibility index (Phi) is 5.47. The van der Waals surface area contributed by atoms with E-state index in [4.69, 9.17) is 5.26 Å². The van der Waals surface area contributed by atoms with Crippen molar-refractivity contribution in [3.63, 3.8) is 0 Å². The largest absolute Gasteiger partial charge is 0.346 e. The van der Waals surface area contributed by atoms with Gasteiger partial charge in [-0.1, -0.05) is 12.1 Å². The van der Waals surface area contributed by atoms with Crippen molar-refractivity contribution in [1.82, 2.24) is 9.29 Å². The minimum Gasteiger partial charge on any atom is -0.346 e. The summed E-state index contributed by atoms with van der Waals surface area (Å²) in [4.78, 5) is 0.0279. The standard InChI is InChI=1S/C18H23N3O2S/c1-13(2)21-14(3)11-16(15(21)4)9-10-20-24(22,23)18-8-6-5-7-17(18)12-19/h5-8,11,13,20H,9-10H2,1-4H3. The number of nitriles is 1. The first-order valence-corrected chi connectivity index (χ1v) is 9.42. The van der Waals surface area contributed by atoms with Crippen LogP contribution in [0, 0.1) is 25.2 Å². The molecule has 0 amide bonds. The van der Waals surface area contributed by atoms with E-state index >= 15 is 0 Å². The zero-order valence-electron chi connectivity index (χ0n) is 14.5. The molecule has 1 aromatic heterocycles. The van der Waals surface area contributed by atoms with Gasteiger partial charge in [-0.15, -0.1) is 0 Å². The molecule has 0 aliphatic rings. The molecule has 1 aromatic carbocycles. The Bertz CT molecular complexity index is 874. The molecular weight excluding hydrogens is 322 g/mol. The van der Waals surface area contributed by atoms with Crippen LogP contribution in [0.2, 0.25) is 0 Å². The van der Waals surface area contributed by atoms with E-state index in [0.717, 1.165) is 5.56 Å². The van der Waals surface area contributed by atoms with Crippen LogP contribution in [0.1, 0.15) is 42.4 Å². The van der Waals surface area contributed by atoms with Crippen LogP contribution in [0.25, 0.3) is 0 Å². The summed E-state index contributed by atoms with van der Waals surface area (Å²) < 4.78 is 29.6. The lowest BCUT2D eigenvalue weighted by Crippen LogP contribution is -2.26. The first kappa shape index (κ1) is 18.2. The fraction of sp³-hybridized carbons (Fsp3) is 0.389. The zero-order chi connectivity index (χ0) is 17.9. The van der Waals surface area contributed by atoms with E-state index < -0.39 is 10.0 Å². The molecule has 0 unspecified atom stereocenters. The van der Waals surface area contributed by atoms with Crippen LogP contribution in [-0.4, -0.2) is 19.5 Å². The fourth-order valence-corrected chi connectivity index (χ4v) is 4.27. The quantitative estimate of drug-likeness (QED) is 0.874. The van der Waals surface area contributed by atoms with Crippen molar-refractivity contribution in [2.24, 2.45) is 0 Å². The first-order chi connectivity index (χ1) is 11.3. The van der Waals surface area contributed by atoms with Gasteiger partial charge >= 0.3 is 0 Å². The monoisotopic (exact) mass is 345 g/mol. The maximum atomic E-state index is 12.4. The zero-order valence-corrected chi connectivity index (χ0v) is 15.3. The lowest BCUT2D eigenvalue weighted by molar-refractivity contribution is 0.571. The number of aryl methyl sites for hydroxylation is 1. The Morgan fingerprint density at radius 2 is 1.92 bits per heavy atom. The minimum absolute atomic E-state index is 0.0279. The van der Waals surface area contributed by atoms with Gasteiger partial charge in [-0.25, -0.2) is 13.1 Å². The Morgan fingerprint density at radius 1 is 1.25 bits per heavy atom. The smallest absolute Gasteiger partial charge is 0.241 e. The molecule has 2 rings (SSSR count). The maximum Gasteiger partial charge on any atom is 0.241 e. The van der Waals surface area contributed by atoms with E-state index in [1.807, 2.05) is 6.07 Å². The van der Waals surface area contributed by atoms with Crippen LogP contribution < -0.4 is 4.72 Å². The summed E-state index contributed by atoms with van der Waals surface area (Å²) in [5.74, 6) is 0. The van der Waals surface area contributed by atoms with E-state index in [-0.39, 0.29) is 10.5 Å². The third-order valence-corrected chi connectivity index (χ3v) is 5.61. The minimum atomic E-state index is -3.68. The summed E-state index contributed by atoms with van der Waals surface area (Å²) in [7, 11) is -3.68. The van der Waals surface area contributed by atoms with E-state index in [1.54, 1.807) is 12.1 Å². The van der Waals surface area contributed by atoms with Crippen LogP contribution in [0.4, 0.5) is 0 Å². The Labute approximate surface area is 144 Å². The van der Waals surface area contributed by atoms with Crippen LogP contribution >= 0.6 is 0 Å². The molecule has 0 saturated heterocycles. The second-order valence-corrected chi connectivity index (χ2v) is 7.85. The normalized spacial score (nSPS) is 11.7. The van der Waals surface area contributed by atoms with Crippen molar-refractivity contribution in [2.75, 3.05) is 6.54 Å². The number of aromatic nitrogens is 1. The maximum absolute atomic E-state index is 12.4. The van der Waals surface area contributed by atoms with Crippen molar-refractivity contribution < 1.29 is 8.42 Å². The number of sulfonamides is 1. The molecule has 5 nitrogen and oxygen atoms in total. The van der Waals surface area contributed by atoms with Gasteiger partial charge in [-0.3, -0.25) is 0 Å². The summed E-state index contributed by atoms with van der Waals surface area (Å²) in [6.07, 6.45) is 0.611. The number of nitrogens with zero attached hydrogens (tertiary/aromatic N) is 2. The molecule has 0 aliphatic carbocycles. The molecule has 1 N–H and O–H groups in total. The van der Waals surface area contributed by atoms with Gasteiger partial charge in [-0.2, -0.15) is 5.26 Å². The van der Waals surface area contributed by atoms with Crippen LogP contribution in [-0.2, 0) is 16.4 Å². The summed E-state index contributed by atoms with van der Waals surface area (Å²) in [5, 5.41) is 9.06. The van der Waals surface area contributed by atoms with E-state index in [1.165, 1.54) is 23.5 Å². The highest BCUT2D eigenvalue weighted by molar-refractivity contribution is 7.89. The van der Waals surface area contributed by atoms with Crippen LogP contribution in [0.3, 0.4) is 0 Å². The molecule has 0 fully saturated rings. The summed E-state index contributed by atoms with van der Waals surface area (Å²) >= 11 is 0. The molecule has 0 bridgehead atoms. The summed E-state index contributed by atoms with van der Waals surface area (Å²) in [6, 6.07) is 10.6. The molecular formula is C18H23N3O2S. The molecule has 0 radical (unpaired) electrons. The van der Waals surface area contributed by atoms with E-state index in [2.05, 4.69) is 43.1 Å². The summed E-state index contributed by atoms with van der Waals surface area (Å²) in [6.45, 7) is 8.67. The van der Waals surface area contributed by atoms with Crippen LogP contribution in [0.5, 0.6) is 0 Å². The predicted molar refractivity (Wildman–Crippen MR) is 94.3 cm³/mol. The fourth-order valence-electron chi connectivity index (χ4n) is 3.08. The molecule has 24 heavy (non-hydrogen) atoms. The number of rotatable bonds is 6. The topological polar surface area (TPSA) is 74.9 Å². The third-order valence-electron chi connectivity index (χ3n) is 4.09. The first-order valence-electron chi connectivity index (χ1n) is 7.94. The molecule has 2 aromatic rings. The average molecular weight is 345 g/mol. The number of nitrogens with one attached hydrogen (secondary N) is 1. The van der Waals surface area contributed by atoms with Crippen molar-refractivity contribution in [2.45, 2.75) is 45.1 Å². The molecule has 128 valence electrons. The number of hydrogen-bond acceptors (Lipinski definition) is 3. The van der Waals surface area contributed by atoms with Gasteiger partial charge in [0.05, 0.1) is 10.5 Å². The van der Waals surface area contributed by atoms with Crippen molar-refractivity contribution >= 4 is 10.0 Å². The Hall–Kier alpha value is -2.10. The van der Waals surface area contributed by atoms with Gasteiger partial charge in [-0.05, 0) is 57.9 Å². The van der Waals surface area contributed by atoms with Crippen LogP contribution in [0.15, 0.2) is 35.2 Å². The lowest BCUT2D eigenvalue weighted by atomic mass is 10.2. The van der Waals surface area contributed by atoms with E-state index in [9.17, 15) is 8.42 Å². The van der Waals surface area contributed by atoms with Gasteiger partial charge in [0.25, 0.3) is 0 Å². The predicted octanol–water partition coefficient (Wildman–Crippen LogP) is 3.08. The molecule has 1 heterocycles. The molecule has 0 atom stereocenters. The average Bonchev–Trinajstić information content (AvgIpc) is 2.81. The van der Waals surface area contributed by atoms with Gasteiger partial charge in [0.15, 0.2) is 0 Å². The van der Waals surface area contributed by atoms with E-state index in [0.29, 0.717) is 19.0 Å². The SMILES string of the molecule is Cc1cc(CCNS(=O)(=O)c2ccccc2C#N)c(C)n1C(C)C. The number of benzene rings is 1. The summed E-state index contributed by atoms with van der Waals surface area (Å²) in [5.41, 5.74) is 3.63. The van der Waals surface area contributed by atoms with Gasteiger partial charge in [0.1, 0.15) is 6.07 Å². The molecule has 6 heteroatoms. The lowest BCUT2D eigenvalue weighted by Gasteiger charge is -2.14. The highest BCUT2D eigenvalue weighted by atomic mass is 32.2. The number of hydrogen-bond donors (Lipinski definition) is 1. The van der Waals surface area contributed by atoms with Gasteiger partial charge < -0.3 is 4.57 Å². The molecule has 0 saturated carbocycles. The van der Waals surface area contributed by atoms with Crippen molar-refractivity contribution in [3.8, 4) is 6.07 Å². The Morgan fingerprint density at radius 3 is 2.50 bits per heavy atom. The van der Waals surface area contributed by atoms with Crippen molar-refractivity contribution in [3.05, 3.63) is 52.8 Å².